The molecule has 0 saturated carbocycles. The molecule has 2 rings (SSSR count). The Hall–Kier alpha value is -2.62. The molecule has 0 spiro atoms. The molecule has 2 aromatic rings. The molecule has 0 aromatic heterocycles. The van der Waals surface area contributed by atoms with E-state index in [4.69, 9.17) is 4.74 Å². The van der Waals surface area contributed by atoms with Gasteiger partial charge < -0.3 is 9.64 Å². The Balaban J connectivity index is 1.80. The van der Waals surface area contributed by atoms with Crippen molar-refractivity contribution in [3.05, 3.63) is 65.7 Å². The standard InChI is InChI=1S/C21H25NO3/c1-16-11-13-18(14-12-16)21(24)17(2)22(3)20(23)10-7-15-25-19-8-5-4-6-9-19/h4-6,8-9,11-14,17H,7,10,15H2,1-3H3. The van der Waals surface area contributed by atoms with E-state index in [1.54, 1.807) is 26.1 Å². The Labute approximate surface area is 149 Å². The van der Waals surface area contributed by atoms with Crippen molar-refractivity contribution >= 4 is 11.7 Å². The Morgan fingerprint density at radius 1 is 1.04 bits per heavy atom. The van der Waals surface area contributed by atoms with Gasteiger partial charge in [0.1, 0.15) is 5.75 Å². The molecule has 132 valence electrons. The van der Waals surface area contributed by atoms with Gasteiger partial charge in [-0.2, -0.15) is 0 Å². The summed E-state index contributed by atoms with van der Waals surface area (Å²) < 4.78 is 5.59. The molecular formula is C21H25NO3. The number of carbonyl (C=O) groups is 2. The van der Waals surface area contributed by atoms with Crippen molar-refractivity contribution in [1.29, 1.82) is 0 Å². The molecule has 1 unspecified atom stereocenters. The lowest BCUT2D eigenvalue weighted by Crippen LogP contribution is -2.40. The van der Waals surface area contributed by atoms with Gasteiger partial charge in [-0.1, -0.05) is 48.0 Å². The minimum Gasteiger partial charge on any atom is -0.494 e. The fourth-order valence-corrected chi connectivity index (χ4v) is 2.46. The molecule has 0 heterocycles. The number of likely N-dealkylation sites (N-methyl/N-ethyl adjacent to an activating group) is 1. The highest BCUT2D eigenvalue weighted by molar-refractivity contribution is 6.01. The second-order valence-corrected chi connectivity index (χ2v) is 6.18. The first-order chi connectivity index (χ1) is 12.0. The van der Waals surface area contributed by atoms with Crippen LogP contribution < -0.4 is 4.74 Å². The number of carbonyl (C=O) groups excluding carboxylic acids is 2. The number of para-hydroxylation sites is 1. The second kappa shape index (κ2) is 9.02. The Bertz CT molecular complexity index is 695. The maximum absolute atomic E-state index is 12.5. The molecule has 2 aromatic carbocycles. The summed E-state index contributed by atoms with van der Waals surface area (Å²) >= 11 is 0. The molecule has 1 amide bonds. The van der Waals surface area contributed by atoms with Gasteiger partial charge in [0.2, 0.25) is 5.91 Å². The van der Waals surface area contributed by atoms with Gasteiger partial charge >= 0.3 is 0 Å². The number of amides is 1. The minimum atomic E-state index is -0.481. The van der Waals surface area contributed by atoms with E-state index < -0.39 is 6.04 Å². The van der Waals surface area contributed by atoms with Gasteiger partial charge in [-0.15, -0.1) is 0 Å². The molecular weight excluding hydrogens is 314 g/mol. The predicted molar refractivity (Wildman–Crippen MR) is 98.9 cm³/mol. The van der Waals surface area contributed by atoms with Gasteiger partial charge in [0.15, 0.2) is 5.78 Å². The van der Waals surface area contributed by atoms with Crippen molar-refractivity contribution in [2.75, 3.05) is 13.7 Å². The molecule has 4 nitrogen and oxygen atoms in total. The van der Waals surface area contributed by atoms with Crippen LogP contribution in [0.1, 0.15) is 35.7 Å². The molecule has 4 heteroatoms. The third-order valence-electron chi connectivity index (χ3n) is 4.24. The summed E-state index contributed by atoms with van der Waals surface area (Å²) in [4.78, 5) is 26.3. The molecule has 25 heavy (non-hydrogen) atoms. The van der Waals surface area contributed by atoms with Gasteiger partial charge in [-0.3, -0.25) is 9.59 Å². The first kappa shape index (κ1) is 18.7. The van der Waals surface area contributed by atoms with Crippen LogP contribution >= 0.6 is 0 Å². The predicted octanol–water partition coefficient (Wildman–Crippen LogP) is 3.88. The van der Waals surface area contributed by atoms with Crippen molar-refractivity contribution in [3.63, 3.8) is 0 Å². The molecule has 0 fully saturated rings. The Morgan fingerprint density at radius 3 is 2.32 bits per heavy atom. The fourth-order valence-electron chi connectivity index (χ4n) is 2.46. The van der Waals surface area contributed by atoms with Crippen molar-refractivity contribution < 1.29 is 14.3 Å². The van der Waals surface area contributed by atoms with Crippen LogP contribution in [-0.2, 0) is 4.79 Å². The van der Waals surface area contributed by atoms with E-state index in [9.17, 15) is 9.59 Å². The molecule has 0 aliphatic rings. The van der Waals surface area contributed by atoms with Gasteiger partial charge in [-0.25, -0.2) is 0 Å². The number of hydrogen-bond donors (Lipinski definition) is 0. The summed E-state index contributed by atoms with van der Waals surface area (Å²) in [6.07, 6.45) is 0.971. The van der Waals surface area contributed by atoms with Crippen molar-refractivity contribution in [2.24, 2.45) is 0 Å². The largest absolute Gasteiger partial charge is 0.494 e. The number of aryl methyl sites for hydroxylation is 1. The maximum Gasteiger partial charge on any atom is 0.223 e. The first-order valence-electron chi connectivity index (χ1n) is 8.53. The fraction of sp³-hybridized carbons (Fsp3) is 0.333. The average Bonchev–Trinajstić information content (AvgIpc) is 2.64. The Kier molecular flexibility index (Phi) is 6.75. The van der Waals surface area contributed by atoms with Crippen molar-refractivity contribution in [1.82, 2.24) is 4.90 Å². The average molecular weight is 339 g/mol. The topological polar surface area (TPSA) is 46.6 Å². The third kappa shape index (κ3) is 5.45. The number of ketones is 1. The number of rotatable bonds is 8. The van der Waals surface area contributed by atoms with Gasteiger partial charge in [0, 0.05) is 19.0 Å². The van der Waals surface area contributed by atoms with E-state index in [-0.39, 0.29) is 11.7 Å². The third-order valence-corrected chi connectivity index (χ3v) is 4.24. The quantitative estimate of drug-likeness (QED) is 0.541. The van der Waals surface area contributed by atoms with Crippen LogP contribution in [0.3, 0.4) is 0 Å². The summed E-state index contributed by atoms with van der Waals surface area (Å²) in [7, 11) is 1.68. The van der Waals surface area contributed by atoms with E-state index in [2.05, 4.69) is 0 Å². The monoisotopic (exact) mass is 339 g/mol. The van der Waals surface area contributed by atoms with E-state index >= 15 is 0 Å². The van der Waals surface area contributed by atoms with Crippen LogP contribution in [0.4, 0.5) is 0 Å². The highest BCUT2D eigenvalue weighted by Gasteiger charge is 2.23. The summed E-state index contributed by atoms with van der Waals surface area (Å²) in [6.45, 7) is 4.22. The Morgan fingerprint density at radius 2 is 1.68 bits per heavy atom. The van der Waals surface area contributed by atoms with Crippen LogP contribution in [0.5, 0.6) is 5.75 Å². The number of Topliss-reactive ketones (excluding diaryl/α,β-unsaturated/α-hetero) is 1. The van der Waals surface area contributed by atoms with Crippen LogP contribution in [0.2, 0.25) is 0 Å². The van der Waals surface area contributed by atoms with Gasteiger partial charge in [-0.05, 0) is 32.4 Å². The van der Waals surface area contributed by atoms with Crippen LogP contribution in [0.25, 0.3) is 0 Å². The van der Waals surface area contributed by atoms with E-state index in [1.165, 1.54) is 4.90 Å². The number of ether oxygens (including phenoxy) is 1. The van der Waals surface area contributed by atoms with E-state index in [0.29, 0.717) is 25.0 Å². The van der Waals surface area contributed by atoms with Gasteiger partial charge in [0.05, 0.1) is 12.6 Å². The highest BCUT2D eigenvalue weighted by Crippen LogP contribution is 2.12. The highest BCUT2D eigenvalue weighted by atomic mass is 16.5. The maximum atomic E-state index is 12.5. The molecule has 0 N–H and O–H groups in total. The van der Waals surface area contributed by atoms with Crippen molar-refractivity contribution in [2.45, 2.75) is 32.7 Å². The smallest absolute Gasteiger partial charge is 0.223 e. The number of benzene rings is 2. The van der Waals surface area contributed by atoms with Gasteiger partial charge in [0.25, 0.3) is 0 Å². The van der Waals surface area contributed by atoms with E-state index in [0.717, 1.165) is 11.3 Å². The van der Waals surface area contributed by atoms with Crippen molar-refractivity contribution in [3.8, 4) is 5.75 Å². The lowest BCUT2D eigenvalue weighted by atomic mass is 10.0. The van der Waals surface area contributed by atoms with Crippen LogP contribution in [0, 0.1) is 6.92 Å². The summed E-state index contributed by atoms with van der Waals surface area (Å²) in [5.74, 6) is 0.701. The zero-order chi connectivity index (χ0) is 18.2. The lowest BCUT2D eigenvalue weighted by Gasteiger charge is -2.24. The van der Waals surface area contributed by atoms with Crippen LogP contribution in [-0.4, -0.2) is 36.3 Å². The second-order valence-electron chi connectivity index (χ2n) is 6.18. The normalized spacial score (nSPS) is 11.6. The SMILES string of the molecule is Cc1ccc(C(=O)C(C)N(C)C(=O)CCCOc2ccccc2)cc1. The molecule has 0 aliphatic heterocycles. The van der Waals surface area contributed by atoms with E-state index in [1.807, 2.05) is 49.4 Å². The number of hydrogen-bond acceptors (Lipinski definition) is 3. The molecule has 0 bridgehead atoms. The molecule has 1 atom stereocenters. The summed E-state index contributed by atoms with van der Waals surface area (Å²) in [5.41, 5.74) is 1.73. The molecule has 0 aliphatic carbocycles. The molecule has 0 radical (unpaired) electrons. The summed E-state index contributed by atoms with van der Waals surface area (Å²) in [5, 5.41) is 0. The minimum absolute atomic E-state index is 0.0450. The zero-order valence-electron chi connectivity index (χ0n) is 15.1. The zero-order valence-corrected chi connectivity index (χ0v) is 15.1. The number of nitrogens with zero attached hydrogens (tertiary/aromatic N) is 1. The first-order valence-corrected chi connectivity index (χ1v) is 8.53. The lowest BCUT2D eigenvalue weighted by molar-refractivity contribution is -0.131. The summed E-state index contributed by atoms with van der Waals surface area (Å²) in [6, 6.07) is 16.5. The van der Waals surface area contributed by atoms with Crippen LogP contribution in [0.15, 0.2) is 54.6 Å². The molecule has 0 saturated heterocycles.